The zero-order chi connectivity index (χ0) is 23.5. The molecule has 4 rings (SSSR count). The number of thiophene rings is 2. The van der Waals surface area contributed by atoms with E-state index in [0.29, 0.717) is 36.3 Å². The second-order valence-corrected chi connectivity index (χ2v) is 10.0. The zero-order valence-electron chi connectivity index (χ0n) is 17.4. The van der Waals surface area contributed by atoms with Crippen molar-refractivity contribution in [1.29, 1.82) is 0 Å². The van der Waals surface area contributed by atoms with Gasteiger partial charge >= 0.3 is 0 Å². The van der Waals surface area contributed by atoms with Crippen LogP contribution in [0.5, 0.6) is 5.75 Å². The summed E-state index contributed by atoms with van der Waals surface area (Å²) in [6.07, 6.45) is 0. The molecule has 0 aliphatic rings. The van der Waals surface area contributed by atoms with E-state index in [0.717, 1.165) is 15.6 Å². The SMILES string of the molecule is COc1ccc2c(Cl)c(C(=O)N/N=C(/C)c3ccc(NC(=O)c4ccc(Cl)s4)cc3)sc2c1. The lowest BCUT2D eigenvalue weighted by atomic mass is 10.1. The van der Waals surface area contributed by atoms with Gasteiger partial charge in [0.2, 0.25) is 0 Å². The fraction of sp³-hybridized carbons (Fsp3) is 0.0870. The molecule has 0 bridgehead atoms. The van der Waals surface area contributed by atoms with Crippen LogP contribution in [0.3, 0.4) is 0 Å². The summed E-state index contributed by atoms with van der Waals surface area (Å²) in [6.45, 7) is 1.78. The fourth-order valence-corrected chi connectivity index (χ4v) is 5.37. The van der Waals surface area contributed by atoms with E-state index in [-0.39, 0.29) is 5.91 Å². The minimum absolute atomic E-state index is 0.227. The van der Waals surface area contributed by atoms with Crippen molar-refractivity contribution in [3.8, 4) is 5.75 Å². The number of fused-ring (bicyclic) bond motifs is 1. The Morgan fingerprint density at radius 3 is 2.39 bits per heavy atom. The number of nitrogens with zero attached hydrogens (tertiary/aromatic N) is 1. The number of rotatable bonds is 6. The largest absolute Gasteiger partial charge is 0.497 e. The maximum Gasteiger partial charge on any atom is 0.283 e. The Labute approximate surface area is 207 Å². The van der Waals surface area contributed by atoms with E-state index in [1.54, 1.807) is 56.5 Å². The summed E-state index contributed by atoms with van der Waals surface area (Å²) < 4.78 is 6.64. The van der Waals surface area contributed by atoms with Gasteiger partial charge in [0.05, 0.1) is 27.1 Å². The molecule has 168 valence electrons. The van der Waals surface area contributed by atoms with Gasteiger partial charge in [0.1, 0.15) is 10.6 Å². The lowest BCUT2D eigenvalue weighted by molar-refractivity contribution is 0.0958. The highest BCUT2D eigenvalue weighted by Crippen LogP contribution is 2.37. The summed E-state index contributed by atoms with van der Waals surface area (Å²) >= 11 is 14.8. The fourth-order valence-electron chi connectivity index (χ4n) is 2.99. The monoisotopic (exact) mass is 517 g/mol. The first kappa shape index (κ1) is 23.3. The number of hydrogen-bond donors (Lipinski definition) is 2. The Hall–Kier alpha value is -2.91. The van der Waals surface area contributed by atoms with E-state index in [4.69, 9.17) is 27.9 Å². The van der Waals surface area contributed by atoms with Crippen LogP contribution in [0.1, 0.15) is 31.8 Å². The van der Waals surface area contributed by atoms with Crippen molar-refractivity contribution in [3.05, 3.63) is 79.3 Å². The van der Waals surface area contributed by atoms with E-state index in [1.807, 2.05) is 12.1 Å². The number of methoxy groups -OCH3 is 1. The Bertz CT molecular complexity index is 1380. The molecular formula is C23H17Cl2N3O3S2. The van der Waals surface area contributed by atoms with Crippen molar-refractivity contribution in [3.63, 3.8) is 0 Å². The van der Waals surface area contributed by atoms with Crippen molar-refractivity contribution in [2.45, 2.75) is 6.92 Å². The third kappa shape index (κ3) is 5.20. The highest BCUT2D eigenvalue weighted by atomic mass is 35.5. The van der Waals surface area contributed by atoms with Gasteiger partial charge in [-0.3, -0.25) is 9.59 Å². The number of halogens is 2. The van der Waals surface area contributed by atoms with Crippen LogP contribution < -0.4 is 15.5 Å². The van der Waals surface area contributed by atoms with Crippen LogP contribution >= 0.6 is 45.9 Å². The van der Waals surface area contributed by atoms with Crippen LogP contribution in [0.25, 0.3) is 10.1 Å². The highest BCUT2D eigenvalue weighted by molar-refractivity contribution is 7.21. The molecule has 0 saturated heterocycles. The Kier molecular flexibility index (Phi) is 6.99. The molecule has 0 aliphatic heterocycles. The third-order valence-electron chi connectivity index (χ3n) is 4.73. The number of anilines is 1. The second-order valence-electron chi connectivity index (χ2n) is 6.88. The van der Waals surface area contributed by atoms with Crippen molar-refractivity contribution in [2.75, 3.05) is 12.4 Å². The molecule has 2 aromatic heterocycles. The van der Waals surface area contributed by atoms with Gasteiger partial charge in [0.15, 0.2) is 0 Å². The van der Waals surface area contributed by atoms with Gasteiger partial charge in [0, 0.05) is 15.8 Å². The summed E-state index contributed by atoms with van der Waals surface area (Å²) in [6, 6.07) is 16.0. The Morgan fingerprint density at radius 2 is 1.73 bits per heavy atom. The van der Waals surface area contributed by atoms with E-state index in [1.165, 1.54) is 22.7 Å². The normalized spacial score (nSPS) is 11.5. The molecular weight excluding hydrogens is 501 g/mol. The lowest BCUT2D eigenvalue weighted by Gasteiger charge is -2.06. The number of ether oxygens (including phenoxy) is 1. The topological polar surface area (TPSA) is 79.8 Å². The molecule has 2 N–H and O–H groups in total. The average molecular weight is 518 g/mol. The molecule has 0 unspecified atom stereocenters. The van der Waals surface area contributed by atoms with Crippen molar-refractivity contribution >= 4 is 79.2 Å². The number of amides is 2. The first-order valence-corrected chi connectivity index (χ1v) is 12.0. The van der Waals surface area contributed by atoms with E-state index >= 15 is 0 Å². The number of benzene rings is 2. The van der Waals surface area contributed by atoms with Crippen LogP contribution in [-0.2, 0) is 0 Å². The first-order chi connectivity index (χ1) is 15.9. The number of carbonyl (C=O) groups is 2. The molecule has 0 aliphatic carbocycles. The number of nitrogens with one attached hydrogen (secondary N) is 2. The van der Waals surface area contributed by atoms with Gasteiger partial charge in [-0.25, -0.2) is 5.43 Å². The van der Waals surface area contributed by atoms with Gasteiger partial charge in [-0.15, -0.1) is 22.7 Å². The summed E-state index contributed by atoms with van der Waals surface area (Å²) in [5.74, 6) is 0.0770. The average Bonchev–Trinajstić information content (AvgIpc) is 3.40. The summed E-state index contributed by atoms with van der Waals surface area (Å²) in [7, 11) is 1.59. The maximum atomic E-state index is 12.7. The smallest absolute Gasteiger partial charge is 0.283 e. The van der Waals surface area contributed by atoms with Gasteiger partial charge < -0.3 is 10.1 Å². The number of hydrazone groups is 1. The van der Waals surface area contributed by atoms with Gasteiger partial charge in [-0.2, -0.15) is 5.10 Å². The van der Waals surface area contributed by atoms with Crippen molar-refractivity contribution in [1.82, 2.24) is 5.43 Å². The van der Waals surface area contributed by atoms with Gasteiger partial charge in [-0.1, -0.05) is 35.3 Å². The van der Waals surface area contributed by atoms with E-state index in [9.17, 15) is 9.59 Å². The summed E-state index contributed by atoms with van der Waals surface area (Å²) in [5.41, 5.74) is 4.59. The molecule has 2 aromatic carbocycles. The predicted molar refractivity (Wildman–Crippen MR) is 137 cm³/mol. The van der Waals surface area contributed by atoms with E-state index in [2.05, 4.69) is 15.8 Å². The van der Waals surface area contributed by atoms with Crippen LogP contribution in [0.15, 0.2) is 59.7 Å². The molecule has 0 saturated carbocycles. The summed E-state index contributed by atoms with van der Waals surface area (Å²) in [5, 5.41) is 8.19. The summed E-state index contributed by atoms with van der Waals surface area (Å²) in [4.78, 5) is 25.8. The molecule has 0 radical (unpaired) electrons. The standard InChI is InChI=1S/C23H17Cl2N3O3S2/c1-12(13-3-5-14(6-4-13)26-22(29)17-9-10-19(24)32-17)27-28-23(30)21-20(25)16-8-7-15(31-2)11-18(16)33-21/h3-11H,1-2H3,(H,26,29)(H,28,30)/b27-12-. The number of carbonyl (C=O) groups excluding carboxylic acids is 2. The van der Waals surface area contributed by atoms with Crippen LogP contribution in [0, 0.1) is 0 Å². The molecule has 10 heteroatoms. The Balaban J connectivity index is 1.43. The molecule has 0 atom stereocenters. The minimum Gasteiger partial charge on any atom is -0.497 e. The maximum absolute atomic E-state index is 12.7. The quantitative estimate of drug-likeness (QED) is 0.221. The van der Waals surface area contributed by atoms with Crippen LogP contribution in [0.4, 0.5) is 5.69 Å². The second kappa shape index (κ2) is 9.93. The number of hydrogen-bond acceptors (Lipinski definition) is 6. The predicted octanol–water partition coefficient (Wildman–Crippen LogP) is 6.68. The van der Waals surface area contributed by atoms with E-state index < -0.39 is 5.91 Å². The molecule has 4 aromatic rings. The Morgan fingerprint density at radius 1 is 0.970 bits per heavy atom. The molecule has 0 spiro atoms. The van der Waals surface area contributed by atoms with Gasteiger partial charge in [-0.05, 0) is 55.0 Å². The minimum atomic E-state index is -0.391. The van der Waals surface area contributed by atoms with Crippen molar-refractivity contribution in [2.24, 2.45) is 5.10 Å². The van der Waals surface area contributed by atoms with Crippen molar-refractivity contribution < 1.29 is 14.3 Å². The molecule has 6 nitrogen and oxygen atoms in total. The molecule has 2 heterocycles. The zero-order valence-corrected chi connectivity index (χ0v) is 20.6. The van der Waals surface area contributed by atoms with Crippen LogP contribution in [0.2, 0.25) is 9.36 Å². The van der Waals surface area contributed by atoms with Gasteiger partial charge in [0.25, 0.3) is 11.8 Å². The first-order valence-electron chi connectivity index (χ1n) is 9.63. The highest BCUT2D eigenvalue weighted by Gasteiger charge is 2.17. The van der Waals surface area contributed by atoms with Crippen LogP contribution in [-0.4, -0.2) is 24.6 Å². The molecule has 2 amide bonds. The lowest BCUT2D eigenvalue weighted by Crippen LogP contribution is -2.18. The molecule has 33 heavy (non-hydrogen) atoms. The molecule has 0 fully saturated rings. The third-order valence-corrected chi connectivity index (χ3v) is 7.61.